The Bertz CT molecular complexity index is 530. The third kappa shape index (κ3) is 28.4. The molecule has 0 aliphatic rings. The second-order valence-electron chi connectivity index (χ2n) is 4.30. The van der Waals surface area contributed by atoms with E-state index in [1.54, 1.807) is 0 Å². The third-order valence-corrected chi connectivity index (χ3v) is 3.50. The molecule has 25 heavy (non-hydrogen) atoms. The first-order chi connectivity index (χ1) is 10.9. The molecule has 0 saturated heterocycles. The molecular weight excluding hydrogens is 434 g/mol. The van der Waals surface area contributed by atoms with Crippen molar-refractivity contribution in [1.29, 1.82) is 0 Å². The van der Waals surface area contributed by atoms with Crippen LogP contribution in [0.5, 0.6) is 0 Å². The molecular formula is C10H22N4O8S2Zn. The predicted octanol–water partition coefficient (Wildman–Crippen LogP) is -4.01. The zero-order chi connectivity index (χ0) is 19.2. The minimum absolute atomic E-state index is 0. The number of rotatable bonds is 10. The number of carbonyl (C=O) groups excluding carboxylic acids is 2. The summed E-state index contributed by atoms with van der Waals surface area (Å²) in [7, 11) is -8.46. The Kier molecular flexibility index (Phi) is 18.1. The molecule has 0 aromatic heterocycles. The van der Waals surface area contributed by atoms with Crippen molar-refractivity contribution in [2.75, 3.05) is 37.7 Å². The van der Waals surface area contributed by atoms with Gasteiger partial charge in [-0.1, -0.05) is 0 Å². The summed E-state index contributed by atoms with van der Waals surface area (Å²) >= 11 is 0. The fourth-order valence-electron chi connectivity index (χ4n) is 1.07. The molecule has 2 amide bonds. The average molecular weight is 456 g/mol. The maximum Gasteiger partial charge on any atom is 2.00 e. The van der Waals surface area contributed by atoms with E-state index in [0.29, 0.717) is 0 Å². The van der Waals surface area contributed by atoms with Crippen LogP contribution in [0.3, 0.4) is 0 Å². The van der Waals surface area contributed by atoms with Crippen LogP contribution in [0.15, 0.2) is 0 Å². The van der Waals surface area contributed by atoms with Crippen molar-refractivity contribution >= 4 is 32.1 Å². The Morgan fingerprint density at radius 1 is 0.760 bits per heavy atom. The van der Waals surface area contributed by atoms with Gasteiger partial charge in [-0.05, 0) is 0 Å². The summed E-state index contributed by atoms with van der Waals surface area (Å²) < 4.78 is 60.2. The van der Waals surface area contributed by atoms with Gasteiger partial charge in [0, 0.05) is 39.0 Å². The summed E-state index contributed by atoms with van der Waals surface area (Å²) in [6, 6.07) is 0. The van der Waals surface area contributed by atoms with Crippen LogP contribution >= 0.6 is 0 Å². The minimum Gasteiger partial charge on any atom is -0.748 e. The first-order valence-electron chi connectivity index (χ1n) is 6.72. The first kappa shape index (κ1) is 29.1. The summed E-state index contributed by atoms with van der Waals surface area (Å²) in [5.41, 5.74) is 10.1. The molecule has 12 nitrogen and oxygen atoms in total. The van der Waals surface area contributed by atoms with Crippen molar-refractivity contribution in [3.63, 3.8) is 0 Å². The van der Waals surface area contributed by atoms with Crippen molar-refractivity contribution in [3.05, 3.63) is 0 Å². The van der Waals surface area contributed by atoms with Crippen LogP contribution in [0.1, 0.15) is 12.8 Å². The molecule has 0 heterocycles. The van der Waals surface area contributed by atoms with E-state index >= 15 is 0 Å². The SMILES string of the molecule is NCCC(=O)NCCS(=O)(=O)[O-].NCCC(=O)NCCS(=O)(=O)[O-].[Zn+2]. The van der Waals surface area contributed by atoms with Gasteiger partial charge in [-0.2, -0.15) is 0 Å². The first-order valence-corrected chi connectivity index (χ1v) is 9.87. The van der Waals surface area contributed by atoms with Gasteiger partial charge in [0.1, 0.15) is 0 Å². The molecule has 0 rings (SSSR count). The Morgan fingerprint density at radius 3 is 1.24 bits per heavy atom. The van der Waals surface area contributed by atoms with E-state index in [1.807, 2.05) is 0 Å². The molecule has 0 atom stereocenters. The van der Waals surface area contributed by atoms with Crippen LogP contribution in [0.4, 0.5) is 0 Å². The summed E-state index contributed by atoms with van der Waals surface area (Å²) in [6.07, 6.45) is 0.276. The number of hydrogen-bond acceptors (Lipinski definition) is 10. The third-order valence-electron chi connectivity index (χ3n) is 2.09. The maximum atomic E-state index is 10.6. The van der Waals surface area contributed by atoms with E-state index in [2.05, 4.69) is 10.6 Å². The van der Waals surface area contributed by atoms with Crippen LogP contribution in [0.25, 0.3) is 0 Å². The van der Waals surface area contributed by atoms with Crippen LogP contribution in [-0.4, -0.2) is 75.4 Å². The van der Waals surface area contributed by atoms with Gasteiger partial charge < -0.3 is 31.2 Å². The summed E-state index contributed by atoms with van der Waals surface area (Å²) in [4.78, 5) is 21.3. The number of carbonyl (C=O) groups is 2. The second kappa shape index (κ2) is 15.5. The minimum atomic E-state index is -4.23. The van der Waals surface area contributed by atoms with Gasteiger partial charge in [0.15, 0.2) is 0 Å². The van der Waals surface area contributed by atoms with Gasteiger partial charge in [-0.15, -0.1) is 0 Å². The molecule has 6 N–H and O–H groups in total. The largest absolute Gasteiger partial charge is 2.00 e. The standard InChI is InChI=1S/2C5H12N2O4S.Zn/c2*6-2-1-5(8)7-3-4-12(9,10)11;/h2*1-4,6H2,(H,7,8)(H,9,10,11);/q;;+2/p-2. The van der Waals surface area contributed by atoms with E-state index in [9.17, 15) is 35.5 Å². The Morgan fingerprint density at radius 2 is 1.04 bits per heavy atom. The van der Waals surface area contributed by atoms with Gasteiger partial charge in [0.25, 0.3) is 0 Å². The fraction of sp³-hybridized carbons (Fsp3) is 0.800. The van der Waals surface area contributed by atoms with Crippen molar-refractivity contribution in [1.82, 2.24) is 10.6 Å². The molecule has 0 aromatic rings. The van der Waals surface area contributed by atoms with Crippen molar-refractivity contribution in [2.24, 2.45) is 11.5 Å². The van der Waals surface area contributed by atoms with Gasteiger partial charge >= 0.3 is 19.5 Å². The number of nitrogens with one attached hydrogen (secondary N) is 2. The monoisotopic (exact) mass is 454 g/mol. The van der Waals surface area contributed by atoms with Crippen LogP contribution in [0.2, 0.25) is 0 Å². The Hall–Kier alpha value is -0.697. The molecule has 0 bridgehead atoms. The molecule has 0 aliphatic heterocycles. The van der Waals surface area contributed by atoms with Crippen molar-refractivity contribution in [3.8, 4) is 0 Å². The van der Waals surface area contributed by atoms with E-state index < -0.39 is 31.7 Å². The molecule has 0 saturated carbocycles. The van der Waals surface area contributed by atoms with Gasteiger partial charge in [-0.3, -0.25) is 9.59 Å². The number of hydrogen-bond donors (Lipinski definition) is 4. The predicted molar refractivity (Wildman–Crippen MR) is 82.5 cm³/mol. The van der Waals surface area contributed by atoms with Crippen molar-refractivity contribution < 1.29 is 55.0 Å². The smallest absolute Gasteiger partial charge is 0.748 e. The molecule has 0 spiro atoms. The molecule has 0 aromatic carbocycles. The normalized spacial score (nSPS) is 10.7. The van der Waals surface area contributed by atoms with Crippen LogP contribution in [0, 0.1) is 0 Å². The van der Waals surface area contributed by atoms with Crippen LogP contribution in [-0.2, 0) is 49.3 Å². The topological polar surface area (TPSA) is 225 Å². The van der Waals surface area contributed by atoms with Gasteiger partial charge in [0.05, 0.1) is 31.7 Å². The summed E-state index contributed by atoms with van der Waals surface area (Å²) in [5, 5.41) is 4.48. The van der Waals surface area contributed by atoms with E-state index in [1.165, 1.54) is 0 Å². The Labute approximate surface area is 159 Å². The zero-order valence-corrected chi connectivity index (χ0v) is 18.2. The van der Waals surface area contributed by atoms with Gasteiger partial charge in [-0.25, -0.2) is 16.8 Å². The molecule has 0 unspecified atom stereocenters. The number of amides is 2. The second-order valence-corrected chi connectivity index (χ2v) is 7.35. The van der Waals surface area contributed by atoms with Crippen LogP contribution < -0.4 is 22.1 Å². The van der Waals surface area contributed by atoms with Gasteiger partial charge in [0.2, 0.25) is 11.8 Å². The van der Waals surface area contributed by atoms with E-state index in [0.717, 1.165) is 0 Å². The van der Waals surface area contributed by atoms with E-state index in [4.69, 9.17) is 11.5 Å². The Balaban J connectivity index is -0.000000372. The zero-order valence-electron chi connectivity index (χ0n) is 13.6. The summed E-state index contributed by atoms with van der Waals surface area (Å²) in [6.45, 7) is 0.112. The molecule has 0 fully saturated rings. The van der Waals surface area contributed by atoms with Crippen molar-refractivity contribution in [2.45, 2.75) is 12.8 Å². The summed E-state index contributed by atoms with van der Waals surface area (Å²) in [5.74, 6) is -1.85. The number of nitrogens with two attached hydrogens (primary N) is 2. The average Bonchev–Trinajstić information content (AvgIpc) is 2.37. The molecule has 144 valence electrons. The molecule has 15 heteroatoms. The van der Waals surface area contributed by atoms with E-state index in [-0.39, 0.29) is 70.3 Å². The molecule has 0 aliphatic carbocycles. The fourth-order valence-corrected chi connectivity index (χ4v) is 1.77. The quantitative estimate of drug-likeness (QED) is 0.184. The maximum absolute atomic E-state index is 10.6. The molecule has 0 radical (unpaired) electrons.